The van der Waals surface area contributed by atoms with Crippen molar-refractivity contribution in [3.63, 3.8) is 0 Å². The predicted molar refractivity (Wildman–Crippen MR) is 94.2 cm³/mol. The lowest BCUT2D eigenvalue weighted by atomic mass is 10.2. The molecule has 0 aliphatic carbocycles. The van der Waals surface area contributed by atoms with Gasteiger partial charge in [0.15, 0.2) is 6.61 Å². The van der Waals surface area contributed by atoms with Gasteiger partial charge in [-0.3, -0.25) is 4.79 Å². The van der Waals surface area contributed by atoms with Gasteiger partial charge in [-0.1, -0.05) is 12.1 Å². The third kappa shape index (κ3) is 5.23. The molecule has 2 N–H and O–H groups in total. The smallest absolute Gasteiger partial charge is 0.341 e. The fraction of sp³-hybridized carbons (Fsp3) is 0.167. The highest BCUT2D eigenvalue weighted by molar-refractivity contribution is 5.96. The molecule has 0 atom stereocenters. The molecule has 0 spiro atoms. The van der Waals surface area contributed by atoms with Crippen LogP contribution in [0.5, 0.6) is 17.2 Å². The van der Waals surface area contributed by atoms with E-state index in [2.05, 4.69) is 10.5 Å². The molecule has 8 heteroatoms. The van der Waals surface area contributed by atoms with Gasteiger partial charge < -0.3 is 19.3 Å². The molecule has 2 aromatic carbocycles. The zero-order valence-electron chi connectivity index (χ0n) is 14.3. The highest BCUT2D eigenvalue weighted by Gasteiger charge is 2.09. The van der Waals surface area contributed by atoms with E-state index in [4.69, 9.17) is 19.3 Å². The Hall–Kier alpha value is -3.55. The lowest BCUT2D eigenvalue weighted by Crippen LogP contribution is -2.18. The molecule has 0 radical (unpaired) electrons. The number of aliphatic carboxylic acids is 1. The first-order valence-electron chi connectivity index (χ1n) is 7.53. The molecule has 0 saturated carbocycles. The number of carboxylic acids is 1. The number of ether oxygens (including phenoxy) is 3. The number of hydrogen-bond donors (Lipinski definition) is 2. The van der Waals surface area contributed by atoms with Crippen LogP contribution in [0.25, 0.3) is 0 Å². The SMILES string of the molecule is COc1cc(OC)cc(C(=O)N/N=C\c2ccccc2OCC(=O)O)c1. The average Bonchev–Trinajstić information content (AvgIpc) is 2.66. The quantitative estimate of drug-likeness (QED) is 0.552. The van der Waals surface area contributed by atoms with E-state index in [0.717, 1.165) is 0 Å². The number of rotatable bonds is 8. The molecule has 2 aromatic rings. The monoisotopic (exact) mass is 358 g/mol. The van der Waals surface area contributed by atoms with Gasteiger partial charge in [-0.2, -0.15) is 5.10 Å². The van der Waals surface area contributed by atoms with Gasteiger partial charge in [-0.25, -0.2) is 10.2 Å². The number of amides is 1. The van der Waals surface area contributed by atoms with Crippen LogP contribution in [0.3, 0.4) is 0 Å². The summed E-state index contributed by atoms with van der Waals surface area (Å²) in [7, 11) is 2.98. The third-order valence-corrected chi connectivity index (χ3v) is 3.25. The molecule has 0 saturated heterocycles. The van der Waals surface area contributed by atoms with Crippen LogP contribution >= 0.6 is 0 Å². The number of nitrogens with zero attached hydrogens (tertiary/aromatic N) is 1. The number of carboxylic acid groups (broad SMARTS) is 1. The summed E-state index contributed by atoms with van der Waals surface area (Å²) in [6.45, 7) is -0.471. The lowest BCUT2D eigenvalue weighted by molar-refractivity contribution is -0.139. The van der Waals surface area contributed by atoms with E-state index in [1.54, 1.807) is 42.5 Å². The first-order valence-corrected chi connectivity index (χ1v) is 7.53. The zero-order chi connectivity index (χ0) is 18.9. The van der Waals surface area contributed by atoms with Gasteiger partial charge in [0.2, 0.25) is 0 Å². The number of hydrazone groups is 1. The van der Waals surface area contributed by atoms with Crippen molar-refractivity contribution in [1.29, 1.82) is 0 Å². The second-order valence-electron chi connectivity index (χ2n) is 5.02. The number of para-hydroxylation sites is 1. The molecular weight excluding hydrogens is 340 g/mol. The van der Waals surface area contributed by atoms with Crippen LogP contribution in [0.2, 0.25) is 0 Å². The first kappa shape index (κ1) is 18.8. The topological polar surface area (TPSA) is 106 Å². The van der Waals surface area contributed by atoms with Gasteiger partial charge in [0.25, 0.3) is 5.91 Å². The Balaban J connectivity index is 2.09. The van der Waals surface area contributed by atoms with Crippen LogP contribution in [0.15, 0.2) is 47.6 Å². The van der Waals surface area contributed by atoms with Crippen molar-refractivity contribution in [2.45, 2.75) is 0 Å². The van der Waals surface area contributed by atoms with Crippen LogP contribution < -0.4 is 19.6 Å². The molecule has 26 heavy (non-hydrogen) atoms. The Morgan fingerprint density at radius 3 is 2.38 bits per heavy atom. The Morgan fingerprint density at radius 2 is 1.77 bits per heavy atom. The van der Waals surface area contributed by atoms with Crippen molar-refractivity contribution in [1.82, 2.24) is 5.43 Å². The zero-order valence-corrected chi connectivity index (χ0v) is 14.3. The molecule has 1 amide bonds. The lowest BCUT2D eigenvalue weighted by Gasteiger charge is -2.08. The third-order valence-electron chi connectivity index (χ3n) is 3.25. The largest absolute Gasteiger partial charge is 0.497 e. The summed E-state index contributed by atoms with van der Waals surface area (Å²) in [5.41, 5.74) is 3.23. The van der Waals surface area contributed by atoms with E-state index in [1.165, 1.54) is 20.4 Å². The molecule has 136 valence electrons. The van der Waals surface area contributed by atoms with Crippen molar-refractivity contribution in [3.05, 3.63) is 53.6 Å². The van der Waals surface area contributed by atoms with Gasteiger partial charge in [-0.05, 0) is 24.3 Å². The van der Waals surface area contributed by atoms with Crippen molar-refractivity contribution < 1.29 is 28.9 Å². The van der Waals surface area contributed by atoms with E-state index < -0.39 is 18.5 Å². The molecular formula is C18H18N2O6. The Labute approximate surface area is 150 Å². The van der Waals surface area contributed by atoms with Crippen molar-refractivity contribution in [2.75, 3.05) is 20.8 Å². The second-order valence-corrected chi connectivity index (χ2v) is 5.02. The summed E-state index contributed by atoms with van der Waals surface area (Å²) < 4.78 is 15.4. The van der Waals surface area contributed by atoms with Gasteiger partial charge in [0.1, 0.15) is 17.2 Å². The molecule has 0 fully saturated rings. The number of benzene rings is 2. The van der Waals surface area contributed by atoms with E-state index in [0.29, 0.717) is 28.4 Å². The fourth-order valence-electron chi connectivity index (χ4n) is 2.02. The summed E-state index contributed by atoms with van der Waals surface area (Å²) in [4.78, 5) is 22.8. The standard InChI is InChI=1S/C18H18N2O6/c1-24-14-7-13(8-15(9-14)25-2)18(23)20-19-10-12-5-3-4-6-16(12)26-11-17(21)22/h3-10H,11H2,1-2H3,(H,20,23)(H,21,22)/b19-10-. The number of nitrogens with one attached hydrogen (secondary N) is 1. The molecule has 0 aromatic heterocycles. The minimum Gasteiger partial charge on any atom is -0.497 e. The highest BCUT2D eigenvalue weighted by Crippen LogP contribution is 2.22. The molecule has 8 nitrogen and oxygen atoms in total. The van der Waals surface area contributed by atoms with Crippen LogP contribution in [-0.2, 0) is 4.79 Å². The minimum absolute atomic E-state index is 0.314. The van der Waals surface area contributed by atoms with Crippen LogP contribution in [0.4, 0.5) is 0 Å². The number of carbonyl (C=O) groups excluding carboxylic acids is 1. The van der Waals surface area contributed by atoms with E-state index in [1.807, 2.05) is 0 Å². The number of carbonyl (C=O) groups is 2. The van der Waals surface area contributed by atoms with Crippen molar-refractivity contribution >= 4 is 18.1 Å². The molecule has 0 bridgehead atoms. The highest BCUT2D eigenvalue weighted by atomic mass is 16.5. The van der Waals surface area contributed by atoms with Crippen LogP contribution in [0.1, 0.15) is 15.9 Å². The summed E-state index contributed by atoms with van der Waals surface area (Å²) in [6.07, 6.45) is 1.37. The Morgan fingerprint density at radius 1 is 1.12 bits per heavy atom. The summed E-state index contributed by atoms with van der Waals surface area (Å²) in [5, 5.41) is 12.6. The molecule has 2 rings (SSSR count). The van der Waals surface area contributed by atoms with Gasteiger partial charge in [-0.15, -0.1) is 0 Å². The maximum absolute atomic E-state index is 12.2. The minimum atomic E-state index is -1.09. The van der Waals surface area contributed by atoms with Crippen molar-refractivity contribution in [3.8, 4) is 17.2 Å². The normalized spacial score (nSPS) is 10.4. The van der Waals surface area contributed by atoms with E-state index in [9.17, 15) is 9.59 Å². The summed E-state index contributed by atoms with van der Waals surface area (Å²) >= 11 is 0. The predicted octanol–water partition coefficient (Wildman–Crippen LogP) is 1.93. The van der Waals surface area contributed by atoms with Gasteiger partial charge in [0, 0.05) is 17.2 Å². The fourth-order valence-corrected chi connectivity index (χ4v) is 2.02. The molecule has 0 aliphatic rings. The van der Waals surface area contributed by atoms with E-state index >= 15 is 0 Å². The molecule has 0 heterocycles. The maximum Gasteiger partial charge on any atom is 0.341 e. The second kappa shape index (κ2) is 9.07. The van der Waals surface area contributed by atoms with Crippen LogP contribution in [0, 0.1) is 0 Å². The molecule has 0 unspecified atom stereocenters. The first-order chi connectivity index (χ1) is 12.5. The van der Waals surface area contributed by atoms with E-state index in [-0.39, 0.29) is 0 Å². The number of methoxy groups -OCH3 is 2. The van der Waals surface area contributed by atoms with Gasteiger partial charge >= 0.3 is 5.97 Å². The van der Waals surface area contributed by atoms with Crippen molar-refractivity contribution in [2.24, 2.45) is 5.10 Å². The maximum atomic E-state index is 12.2. The molecule has 0 aliphatic heterocycles. The van der Waals surface area contributed by atoms with Gasteiger partial charge in [0.05, 0.1) is 20.4 Å². The summed E-state index contributed by atoms with van der Waals surface area (Å²) in [6, 6.07) is 11.5. The summed E-state index contributed by atoms with van der Waals surface area (Å²) in [5.74, 6) is -0.243. The van der Waals surface area contributed by atoms with Crippen LogP contribution in [-0.4, -0.2) is 44.0 Å². The average molecular weight is 358 g/mol. The Kier molecular flexibility index (Phi) is 6.55. The Bertz CT molecular complexity index is 797. The number of hydrogen-bond acceptors (Lipinski definition) is 6.